The van der Waals surface area contributed by atoms with Crippen LogP contribution in [0.15, 0.2) is 30.6 Å². The Kier molecular flexibility index (Phi) is 3.99. The average molecular weight is 283 g/mol. The molecule has 5 heteroatoms. The Morgan fingerprint density at radius 1 is 0.905 bits per heavy atom. The van der Waals surface area contributed by atoms with Gasteiger partial charge in [0.2, 0.25) is 0 Å². The number of aryl methyl sites for hydroxylation is 2. The molecule has 0 bridgehead atoms. The molecule has 3 rings (SSSR count). The molecule has 2 aromatic heterocycles. The summed E-state index contributed by atoms with van der Waals surface area (Å²) in [6.07, 6.45) is 4.93. The molecule has 0 spiro atoms. The minimum atomic E-state index is 0.961. The van der Waals surface area contributed by atoms with Gasteiger partial charge >= 0.3 is 0 Å². The van der Waals surface area contributed by atoms with Crippen LogP contribution in [-0.4, -0.2) is 41.4 Å². The van der Waals surface area contributed by atoms with Crippen LogP contribution in [0, 0.1) is 13.8 Å². The van der Waals surface area contributed by atoms with Crippen LogP contribution >= 0.6 is 0 Å². The molecule has 0 amide bonds. The summed E-state index contributed by atoms with van der Waals surface area (Å²) < 4.78 is 0. The number of hydrogen-bond donors (Lipinski definition) is 0. The van der Waals surface area contributed by atoms with E-state index in [9.17, 15) is 0 Å². The van der Waals surface area contributed by atoms with Gasteiger partial charge in [0, 0.05) is 44.3 Å². The van der Waals surface area contributed by atoms with Crippen LogP contribution in [0.25, 0.3) is 0 Å². The maximum atomic E-state index is 4.31. The summed E-state index contributed by atoms with van der Waals surface area (Å²) >= 11 is 0. The number of hydrogen-bond acceptors (Lipinski definition) is 5. The Labute approximate surface area is 125 Å². The second-order valence-electron chi connectivity index (χ2n) is 5.52. The number of pyridine rings is 1. The first-order valence-corrected chi connectivity index (χ1v) is 7.45. The van der Waals surface area contributed by atoms with Crippen LogP contribution in [0.5, 0.6) is 0 Å². The Bertz CT molecular complexity index is 596. The third kappa shape index (κ3) is 3.12. The van der Waals surface area contributed by atoms with Gasteiger partial charge in [-0.15, -0.1) is 5.10 Å². The highest BCUT2D eigenvalue weighted by molar-refractivity contribution is 5.52. The highest BCUT2D eigenvalue weighted by atomic mass is 15.3. The van der Waals surface area contributed by atoms with E-state index < -0.39 is 0 Å². The molecule has 0 aliphatic carbocycles. The monoisotopic (exact) mass is 283 g/mol. The van der Waals surface area contributed by atoms with Gasteiger partial charge in [-0.05, 0) is 44.0 Å². The molecule has 5 nitrogen and oxygen atoms in total. The van der Waals surface area contributed by atoms with Crippen molar-refractivity contribution in [2.24, 2.45) is 0 Å². The van der Waals surface area contributed by atoms with E-state index in [0.717, 1.165) is 44.1 Å². The molecule has 21 heavy (non-hydrogen) atoms. The van der Waals surface area contributed by atoms with Gasteiger partial charge in [0.15, 0.2) is 5.82 Å². The van der Waals surface area contributed by atoms with E-state index in [1.807, 2.05) is 25.4 Å². The van der Waals surface area contributed by atoms with Crippen molar-refractivity contribution < 1.29 is 0 Å². The lowest BCUT2D eigenvalue weighted by Crippen LogP contribution is -2.31. The molecule has 1 aliphatic rings. The van der Waals surface area contributed by atoms with Gasteiger partial charge in [-0.1, -0.05) is 0 Å². The van der Waals surface area contributed by atoms with Gasteiger partial charge in [0.1, 0.15) is 0 Å². The maximum Gasteiger partial charge on any atom is 0.151 e. The third-order valence-electron chi connectivity index (χ3n) is 3.94. The lowest BCUT2D eigenvalue weighted by Gasteiger charge is -2.25. The second kappa shape index (κ2) is 6.08. The second-order valence-corrected chi connectivity index (χ2v) is 5.52. The molecule has 3 heterocycles. The average Bonchev–Trinajstić information content (AvgIpc) is 2.74. The maximum absolute atomic E-state index is 4.31. The molecule has 1 saturated heterocycles. The Morgan fingerprint density at radius 3 is 2.48 bits per heavy atom. The molecular formula is C16H21N5. The first-order valence-electron chi connectivity index (χ1n) is 7.45. The van der Waals surface area contributed by atoms with Crippen molar-refractivity contribution in [1.29, 1.82) is 0 Å². The van der Waals surface area contributed by atoms with Crippen molar-refractivity contribution in [2.45, 2.75) is 20.3 Å². The fourth-order valence-electron chi connectivity index (χ4n) is 2.77. The largest absolute Gasteiger partial charge is 0.369 e. The van der Waals surface area contributed by atoms with Crippen LogP contribution in [0.4, 0.5) is 11.5 Å². The van der Waals surface area contributed by atoms with E-state index in [0.29, 0.717) is 0 Å². The summed E-state index contributed by atoms with van der Waals surface area (Å²) in [6, 6.07) is 6.20. The summed E-state index contributed by atoms with van der Waals surface area (Å²) in [5.74, 6) is 0.980. The summed E-state index contributed by atoms with van der Waals surface area (Å²) in [4.78, 5) is 8.94. The first-order chi connectivity index (χ1) is 10.2. The molecule has 0 N–H and O–H groups in total. The topological polar surface area (TPSA) is 45.2 Å². The van der Waals surface area contributed by atoms with Gasteiger partial charge < -0.3 is 9.80 Å². The van der Waals surface area contributed by atoms with Crippen molar-refractivity contribution in [3.63, 3.8) is 0 Å². The molecule has 0 radical (unpaired) electrons. The SMILES string of the molecule is Cc1ccc(N2CCCN(c3ccncc3C)CC2)nn1. The van der Waals surface area contributed by atoms with E-state index in [1.54, 1.807) is 0 Å². The van der Waals surface area contributed by atoms with Crippen molar-refractivity contribution in [3.05, 3.63) is 41.9 Å². The van der Waals surface area contributed by atoms with Crippen molar-refractivity contribution in [2.75, 3.05) is 36.0 Å². The normalized spacial score (nSPS) is 15.9. The lowest BCUT2D eigenvalue weighted by atomic mass is 10.2. The summed E-state index contributed by atoms with van der Waals surface area (Å²) in [6.45, 7) is 8.16. The predicted octanol–water partition coefficient (Wildman–Crippen LogP) is 2.21. The summed E-state index contributed by atoms with van der Waals surface area (Å²) in [5.41, 5.74) is 3.49. The van der Waals surface area contributed by atoms with Crippen LogP contribution in [0.2, 0.25) is 0 Å². The number of nitrogens with zero attached hydrogens (tertiary/aromatic N) is 5. The smallest absolute Gasteiger partial charge is 0.151 e. The minimum absolute atomic E-state index is 0.961. The van der Waals surface area contributed by atoms with Crippen molar-refractivity contribution >= 4 is 11.5 Å². The molecule has 2 aromatic rings. The van der Waals surface area contributed by atoms with Crippen LogP contribution in [0.3, 0.4) is 0 Å². The molecule has 0 atom stereocenters. The molecular weight excluding hydrogens is 262 g/mol. The van der Waals surface area contributed by atoms with Crippen molar-refractivity contribution in [3.8, 4) is 0 Å². The first kappa shape index (κ1) is 13.8. The van der Waals surface area contributed by atoms with Gasteiger partial charge in [-0.3, -0.25) is 4.98 Å². The van der Waals surface area contributed by atoms with Crippen LogP contribution in [0.1, 0.15) is 17.7 Å². The van der Waals surface area contributed by atoms with Gasteiger partial charge in [-0.25, -0.2) is 0 Å². The van der Waals surface area contributed by atoms with Gasteiger partial charge in [0.05, 0.1) is 5.69 Å². The van der Waals surface area contributed by atoms with E-state index in [-0.39, 0.29) is 0 Å². The third-order valence-corrected chi connectivity index (χ3v) is 3.94. The standard InChI is InChI=1S/C16H21N5/c1-13-12-17-7-6-15(13)20-8-3-9-21(11-10-20)16-5-4-14(2)18-19-16/h4-7,12H,3,8-11H2,1-2H3. The van der Waals surface area contributed by atoms with E-state index >= 15 is 0 Å². The predicted molar refractivity (Wildman–Crippen MR) is 84.8 cm³/mol. The Hall–Kier alpha value is -2.17. The zero-order valence-electron chi connectivity index (χ0n) is 12.7. The molecule has 0 unspecified atom stereocenters. The summed E-state index contributed by atoms with van der Waals surface area (Å²) in [5, 5.41) is 8.47. The van der Waals surface area contributed by atoms with Crippen LogP contribution in [-0.2, 0) is 0 Å². The fourth-order valence-corrected chi connectivity index (χ4v) is 2.77. The molecule has 110 valence electrons. The number of aromatic nitrogens is 3. The van der Waals surface area contributed by atoms with Crippen molar-refractivity contribution in [1.82, 2.24) is 15.2 Å². The zero-order valence-corrected chi connectivity index (χ0v) is 12.7. The quantitative estimate of drug-likeness (QED) is 0.845. The lowest BCUT2D eigenvalue weighted by molar-refractivity contribution is 0.783. The van der Waals surface area contributed by atoms with Gasteiger partial charge in [-0.2, -0.15) is 5.10 Å². The Balaban J connectivity index is 1.72. The number of rotatable bonds is 2. The number of anilines is 2. The highest BCUT2D eigenvalue weighted by Gasteiger charge is 2.17. The molecule has 0 aromatic carbocycles. The molecule has 1 aliphatic heterocycles. The fraction of sp³-hybridized carbons (Fsp3) is 0.438. The summed E-state index contributed by atoms with van der Waals surface area (Å²) in [7, 11) is 0. The molecule has 0 saturated carbocycles. The highest BCUT2D eigenvalue weighted by Crippen LogP contribution is 2.21. The van der Waals surface area contributed by atoms with E-state index in [1.165, 1.54) is 11.3 Å². The van der Waals surface area contributed by atoms with Gasteiger partial charge in [0.25, 0.3) is 0 Å². The van der Waals surface area contributed by atoms with Crippen LogP contribution < -0.4 is 9.80 Å². The minimum Gasteiger partial charge on any atom is -0.369 e. The zero-order chi connectivity index (χ0) is 14.7. The molecule has 1 fully saturated rings. The van der Waals surface area contributed by atoms with E-state index in [2.05, 4.69) is 44.0 Å². The Morgan fingerprint density at radius 2 is 1.71 bits per heavy atom. The van der Waals surface area contributed by atoms with E-state index in [4.69, 9.17) is 0 Å².